The van der Waals surface area contributed by atoms with E-state index in [-0.39, 0.29) is 17.5 Å². The van der Waals surface area contributed by atoms with Crippen LogP contribution < -0.4 is 0 Å². The van der Waals surface area contributed by atoms with Crippen molar-refractivity contribution in [1.82, 2.24) is 4.90 Å². The van der Waals surface area contributed by atoms with Crippen molar-refractivity contribution in [2.45, 2.75) is 25.0 Å². The maximum atomic E-state index is 11.5. The molecule has 0 radical (unpaired) electrons. The molecule has 2 fully saturated rings. The smallest absolute Gasteiger partial charge is 0.411 e. The highest BCUT2D eigenvalue weighted by Crippen LogP contribution is 2.22. The Hall–Kier alpha value is -1.29. The molecule has 1 amide bonds. The van der Waals surface area contributed by atoms with Gasteiger partial charge in [0.05, 0.1) is 11.5 Å². The van der Waals surface area contributed by atoms with Crippen LogP contribution in [-0.4, -0.2) is 49.6 Å². The lowest BCUT2D eigenvalue weighted by Crippen LogP contribution is -2.47. The highest BCUT2D eigenvalue weighted by Gasteiger charge is 2.38. The largest absolute Gasteiger partial charge is 0.431 e. The standard InChI is InChI=1S/C9H12N2O4S/c10-5-8-1-3-11(9(12)15-8)7-2-4-16(13,14)6-7/h7-8H,1-4,6H2. The summed E-state index contributed by atoms with van der Waals surface area (Å²) in [6.07, 6.45) is -0.352. The van der Waals surface area contributed by atoms with Gasteiger partial charge in [0.25, 0.3) is 0 Å². The Kier molecular flexibility index (Phi) is 2.76. The second kappa shape index (κ2) is 3.94. The van der Waals surface area contributed by atoms with Crippen LogP contribution in [0.4, 0.5) is 4.79 Å². The van der Waals surface area contributed by atoms with Gasteiger partial charge < -0.3 is 9.64 Å². The number of amides is 1. The number of rotatable bonds is 1. The van der Waals surface area contributed by atoms with E-state index >= 15 is 0 Å². The third kappa shape index (κ3) is 2.11. The highest BCUT2D eigenvalue weighted by molar-refractivity contribution is 7.91. The van der Waals surface area contributed by atoms with Crippen LogP contribution in [0.1, 0.15) is 12.8 Å². The molecule has 2 unspecified atom stereocenters. The molecule has 2 aliphatic rings. The van der Waals surface area contributed by atoms with Gasteiger partial charge in [-0.3, -0.25) is 0 Å². The summed E-state index contributed by atoms with van der Waals surface area (Å²) in [6.45, 7) is 0.400. The Balaban J connectivity index is 2.03. The van der Waals surface area contributed by atoms with E-state index in [0.29, 0.717) is 19.4 Å². The van der Waals surface area contributed by atoms with Gasteiger partial charge in [0.1, 0.15) is 6.07 Å². The Bertz CT molecular complexity index is 439. The quantitative estimate of drug-likeness (QED) is 0.643. The van der Waals surface area contributed by atoms with Gasteiger partial charge >= 0.3 is 6.09 Å². The highest BCUT2D eigenvalue weighted by atomic mass is 32.2. The lowest BCUT2D eigenvalue weighted by Gasteiger charge is -2.32. The fourth-order valence-corrected chi connectivity index (χ4v) is 3.77. The Morgan fingerprint density at radius 2 is 2.19 bits per heavy atom. The number of carbonyl (C=O) groups excluding carboxylic acids is 1. The van der Waals surface area contributed by atoms with Gasteiger partial charge in [0.15, 0.2) is 15.9 Å². The molecule has 2 rings (SSSR count). The van der Waals surface area contributed by atoms with Gasteiger partial charge in [0, 0.05) is 19.0 Å². The SMILES string of the molecule is N#CC1CCN(C2CCS(=O)(=O)C2)C(=O)O1. The molecule has 7 heteroatoms. The fourth-order valence-electron chi connectivity index (χ4n) is 2.04. The average Bonchev–Trinajstić information content (AvgIpc) is 2.58. The zero-order valence-corrected chi connectivity index (χ0v) is 9.44. The first kappa shape index (κ1) is 11.2. The van der Waals surface area contributed by atoms with Gasteiger partial charge in [-0.05, 0) is 6.42 Å². The molecule has 0 aromatic rings. The number of hydrogen-bond acceptors (Lipinski definition) is 5. The Morgan fingerprint density at radius 3 is 2.69 bits per heavy atom. The topological polar surface area (TPSA) is 87.5 Å². The Morgan fingerprint density at radius 1 is 1.44 bits per heavy atom. The fraction of sp³-hybridized carbons (Fsp3) is 0.778. The summed E-state index contributed by atoms with van der Waals surface area (Å²) in [5, 5.41) is 8.60. The number of nitriles is 1. The van der Waals surface area contributed by atoms with Crippen molar-refractivity contribution >= 4 is 15.9 Å². The molecule has 0 spiro atoms. The van der Waals surface area contributed by atoms with E-state index in [1.807, 2.05) is 6.07 Å². The predicted octanol–water partition coefficient (Wildman–Crippen LogP) is -0.0920. The normalized spacial score (nSPS) is 33.2. The molecule has 0 aromatic carbocycles. The minimum absolute atomic E-state index is 0.0132. The van der Waals surface area contributed by atoms with E-state index in [0.717, 1.165) is 0 Å². The zero-order valence-electron chi connectivity index (χ0n) is 8.63. The van der Waals surface area contributed by atoms with Crippen LogP contribution in [0, 0.1) is 11.3 Å². The van der Waals surface area contributed by atoms with E-state index in [1.165, 1.54) is 4.90 Å². The maximum Gasteiger partial charge on any atom is 0.411 e. The third-order valence-corrected chi connectivity index (χ3v) is 4.65. The summed E-state index contributed by atoms with van der Waals surface area (Å²) in [4.78, 5) is 12.9. The molecule has 16 heavy (non-hydrogen) atoms. The first-order valence-electron chi connectivity index (χ1n) is 5.09. The lowest BCUT2D eigenvalue weighted by molar-refractivity contribution is 0.0356. The van der Waals surface area contributed by atoms with Crippen molar-refractivity contribution in [3.8, 4) is 6.07 Å². The van der Waals surface area contributed by atoms with Gasteiger partial charge in [-0.25, -0.2) is 13.2 Å². The molecule has 88 valence electrons. The summed E-state index contributed by atoms with van der Waals surface area (Å²) in [6, 6.07) is 1.59. The van der Waals surface area contributed by atoms with E-state index in [2.05, 4.69) is 0 Å². The maximum absolute atomic E-state index is 11.5. The molecule has 0 saturated carbocycles. The minimum Gasteiger partial charge on any atom is -0.431 e. The summed E-state index contributed by atoms with van der Waals surface area (Å²) < 4.78 is 27.4. The third-order valence-electron chi connectivity index (χ3n) is 2.90. The first-order chi connectivity index (χ1) is 7.52. The number of hydrogen-bond donors (Lipinski definition) is 0. The number of sulfone groups is 1. The molecule has 0 N–H and O–H groups in total. The van der Waals surface area contributed by atoms with Crippen LogP contribution in [0.2, 0.25) is 0 Å². The molecule has 2 saturated heterocycles. The van der Waals surface area contributed by atoms with Crippen molar-refractivity contribution in [3.63, 3.8) is 0 Å². The summed E-state index contributed by atoms with van der Waals surface area (Å²) >= 11 is 0. The van der Waals surface area contributed by atoms with Crippen LogP contribution in [0.3, 0.4) is 0 Å². The number of ether oxygens (including phenoxy) is 1. The van der Waals surface area contributed by atoms with Crippen molar-refractivity contribution < 1.29 is 17.9 Å². The molecule has 6 nitrogen and oxygen atoms in total. The van der Waals surface area contributed by atoms with Crippen LogP contribution in [0.15, 0.2) is 0 Å². The van der Waals surface area contributed by atoms with Crippen LogP contribution in [-0.2, 0) is 14.6 Å². The monoisotopic (exact) mass is 244 g/mol. The van der Waals surface area contributed by atoms with Crippen molar-refractivity contribution in [2.75, 3.05) is 18.1 Å². The molecule has 2 heterocycles. The van der Waals surface area contributed by atoms with Gasteiger partial charge in [-0.15, -0.1) is 0 Å². The molecule has 0 aliphatic carbocycles. The van der Waals surface area contributed by atoms with Gasteiger partial charge in [-0.2, -0.15) is 5.26 Å². The van der Waals surface area contributed by atoms with Crippen molar-refractivity contribution in [1.29, 1.82) is 5.26 Å². The lowest BCUT2D eigenvalue weighted by atomic mass is 10.1. The number of carbonyl (C=O) groups is 1. The van der Waals surface area contributed by atoms with E-state index in [1.54, 1.807) is 0 Å². The number of nitrogens with zero attached hydrogens (tertiary/aromatic N) is 2. The molecule has 0 aromatic heterocycles. The molecular formula is C9H12N2O4S. The molecule has 0 bridgehead atoms. The second-order valence-corrected chi connectivity index (χ2v) is 6.27. The zero-order chi connectivity index (χ0) is 11.8. The second-order valence-electron chi connectivity index (χ2n) is 4.04. The van der Waals surface area contributed by atoms with Gasteiger partial charge in [-0.1, -0.05) is 0 Å². The minimum atomic E-state index is -3.00. The van der Waals surface area contributed by atoms with Gasteiger partial charge in [0.2, 0.25) is 0 Å². The van der Waals surface area contributed by atoms with E-state index in [4.69, 9.17) is 10.00 Å². The average molecular weight is 244 g/mol. The number of cyclic esters (lactones) is 1. The molecular weight excluding hydrogens is 232 g/mol. The Labute approximate surface area is 93.7 Å². The predicted molar refractivity (Wildman–Crippen MR) is 54.3 cm³/mol. The van der Waals surface area contributed by atoms with E-state index in [9.17, 15) is 13.2 Å². The molecule has 2 atom stereocenters. The van der Waals surface area contributed by atoms with Crippen molar-refractivity contribution in [3.05, 3.63) is 0 Å². The molecule has 2 aliphatic heterocycles. The first-order valence-corrected chi connectivity index (χ1v) is 6.91. The van der Waals surface area contributed by atoms with Crippen molar-refractivity contribution in [2.24, 2.45) is 0 Å². The summed E-state index contributed by atoms with van der Waals surface area (Å²) in [5.74, 6) is 0.141. The summed E-state index contributed by atoms with van der Waals surface area (Å²) in [7, 11) is -3.00. The van der Waals surface area contributed by atoms with E-state index < -0.39 is 22.0 Å². The van der Waals surface area contributed by atoms with Crippen LogP contribution >= 0.6 is 0 Å². The summed E-state index contributed by atoms with van der Waals surface area (Å²) in [5.41, 5.74) is 0. The van der Waals surface area contributed by atoms with Crippen LogP contribution in [0.25, 0.3) is 0 Å². The van der Waals surface area contributed by atoms with Crippen LogP contribution in [0.5, 0.6) is 0 Å².